The Labute approximate surface area is 107 Å². The topological polar surface area (TPSA) is 20.2 Å². The van der Waals surface area contributed by atoms with Crippen LogP contribution in [0.1, 0.15) is 65.2 Å². The molecule has 0 saturated heterocycles. The molecular weight excluding hydrogens is 208 g/mol. The largest absolute Gasteiger partial charge is 0.386 e. The van der Waals surface area contributed by atoms with Gasteiger partial charge in [0.25, 0.3) is 0 Å². The summed E-state index contributed by atoms with van der Waals surface area (Å²) in [6.45, 7) is 16.3. The van der Waals surface area contributed by atoms with Crippen molar-refractivity contribution in [3.8, 4) is 0 Å². The van der Waals surface area contributed by atoms with E-state index in [0.717, 1.165) is 5.56 Å². The molecule has 1 nitrogen and oxygen atoms in total. The van der Waals surface area contributed by atoms with Crippen LogP contribution in [0.2, 0.25) is 0 Å². The predicted octanol–water partition coefficient (Wildman–Crippen LogP) is 4.55. The molecule has 0 unspecified atom stereocenters. The first kappa shape index (κ1) is 16.2. The monoisotopic (exact) mass is 236 g/mol. The highest BCUT2D eigenvalue weighted by Gasteiger charge is 2.20. The van der Waals surface area contributed by atoms with Crippen LogP contribution in [-0.4, -0.2) is 5.11 Å². The molecule has 0 radical (unpaired) electrons. The van der Waals surface area contributed by atoms with E-state index in [1.165, 1.54) is 11.1 Å². The Kier molecular flexibility index (Phi) is 5.41. The fourth-order valence-corrected chi connectivity index (χ4v) is 1.57. The van der Waals surface area contributed by atoms with Gasteiger partial charge in [-0.15, -0.1) is 0 Å². The van der Waals surface area contributed by atoms with Gasteiger partial charge in [-0.3, -0.25) is 0 Å². The van der Waals surface area contributed by atoms with E-state index in [4.69, 9.17) is 0 Å². The van der Waals surface area contributed by atoms with Crippen molar-refractivity contribution in [1.29, 1.82) is 0 Å². The van der Waals surface area contributed by atoms with Crippen molar-refractivity contribution in [3.63, 3.8) is 0 Å². The molecule has 1 heteroatoms. The van der Waals surface area contributed by atoms with Crippen molar-refractivity contribution >= 4 is 0 Å². The van der Waals surface area contributed by atoms with E-state index in [9.17, 15) is 5.11 Å². The van der Waals surface area contributed by atoms with Crippen LogP contribution < -0.4 is 0 Å². The van der Waals surface area contributed by atoms with Crippen molar-refractivity contribution in [1.82, 2.24) is 0 Å². The first-order chi connectivity index (χ1) is 7.60. The molecule has 0 atom stereocenters. The third-order valence-electron chi connectivity index (χ3n) is 2.65. The lowest BCUT2D eigenvalue weighted by Crippen LogP contribution is -2.18. The first-order valence-electron chi connectivity index (χ1n) is 6.46. The maximum Gasteiger partial charge on any atom is 0.0840 e. The van der Waals surface area contributed by atoms with Crippen LogP contribution in [-0.2, 0) is 11.0 Å². The molecule has 0 aliphatic heterocycles. The molecule has 0 amide bonds. The van der Waals surface area contributed by atoms with Crippen molar-refractivity contribution < 1.29 is 5.11 Å². The smallest absolute Gasteiger partial charge is 0.0840 e. The SMILES string of the molecule is CC.Cc1cc(C(C)(C)C)cc(C(C)(C)O)c1. The zero-order valence-corrected chi connectivity index (χ0v) is 12.7. The molecule has 0 saturated carbocycles. The van der Waals surface area contributed by atoms with E-state index in [1.54, 1.807) is 0 Å². The fraction of sp³-hybridized carbons (Fsp3) is 0.625. The maximum absolute atomic E-state index is 10.0. The van der Waals surface area contributed by atoms with Crippen LogP contribution in [0.15, 0.2) is 18.2 Å². The van der Waals surface area contributed by atoms with Crippen LogP contribution in [0.25, 0.3) is 0 Å². The predicted molar refractivity (Wildman–Crippen MR) is 76.5 cm³/mol. The number of rotatable bonds is 1. The first-order valence-corrected chi connectivity index (χ1v) is 6.46. The van der Waals surface area contributed by atoms with Crippen LogP contribution in [0, 0.1) is 6.92 Å². The summed E-state index contributed by atoms with van der Waals surface area (Å²) in [6, 6.07) is 6.34. The Hall–Kier alpha value is -0.820. The summed E-state index contributed by atoms with van der Waals surface area (Å²) < 4.78 is 0. The van der Waals surface area contributed by atoms with Crippen molar-refractivity contribution in [2.75, 3.05) is 0 Å². The summed E-state index contributed by atoms with van der Waals surface area (Å²) >= 11 is 0. The molecule has 1 rings (SSSR count). The maximum atomic E-state index is 10.0. The zero-order chi connectivity index (χ0) is 13.9. The quantitative estimate of drug-likeness (QED) is 0.758. The summed E-state index contributed by atoms with van der Waals surface area (Å²) in [5, 5.41) is 10.0. The zero-order valence-electron chi connectivity index (χ0n) is 12.7. The van der Waals surface area contributed by atoms with Crippen LogP contribution >= 0.6 is 0 Å². The lowest BCUT2D eigenvalue weighted by molar-refractivity contribution is 0.0784. The van der Waals surface area contributed by atoms with Gasteiger partial charge >= 0.3 is 0 Å². The van der Waals surface area contributed by atoms with Crippen LogP contribution in [0.4, 0.5) is 0 Å². The van der Waals surface area contributed by atoms with Gasteiger partial charge in [0.05, 0.1) is 5.60 Å². The summed E-state index contributed by atoms with van der Waals surface area (Å²) in [7, 11) is 0. The molecule has 0 bridgehead atoms. The fourth-order valence-electron chi connectivity index (χ4n) is 1.57. The lowest BCUT2D eigenvalue weighted by Gasteiger charge is -2.24. The molecule has 0 aliphatic rings. The minimum absolute atomic E-state index is 0.131. The van der Waals surface area contributed by atoms with E-state index in [-0.39, 0.29) is 5.41 Å². The van der Waals surface area contributed by atoms with E-state index in [1.807, 2.05) is 27.7 Å². The second-order valence-electron chi connectivity index (χ2n) is 5.90. The number of hydrogen-bond donors (Lipinski definition) is 1. The van der Waals surface area contributed by atoms with Gasteiger partial charge in [0.2, 0.25) is 0 Å². The standard InChI is InChI=1S/C14H22O.C2H6/c1-10-7-11(13(2,3)4)9-12(8-10)14(5,6)15;1-2/h7-9,15H,1-6H3;1-2H3. The molecule has 1 aromatic rings. The summed E-state index contributed by atoms with van der Waals surface area (Å²) in [5.74, 6) is 0. The molecule has 0 spiro atoms. The Balaban J connectivity index is 0.00000121. The molecule has 0 fully saturated rings. The summed E-state index contributed by atoms with van der Waals surface area (Å²) in [5.41, 5.74) is 2.85. The van der Waals surface area contributed by atoms with E-state index in [2.05, 4.69) is 45.9 Å². The Morgan fingerprint density at radius 2 is 1.24 bits per heavy atom. The number of hydrogen-bond acceptors (Lipinski definition) is 1. The van der Waals surface area contributed by atoms with E-state index in [0.29, 0.717) is 0 Å². The Morgan fingerprint density at radius 1 is 0.824 bits per heavy atom. The number of benzene rings is 1. The second-order valence-corrected chi connectivity index (χ2v) is 5.90. The van der Waals surface area contributed by atoms with Crippen molar-refractivity contribution in [2.45, 2.75) is 66.4 Å². The van der Waals surface area contributed by atoms with Gasteiger partial charge in [0, 0.05) is 0 Å². The highest BCUT2D eigenvalue weighted by molar-refractivity contribution is 5.35. The van der Waals surface area contributed by atoms with Gasteiger partial charge in [0.1, 0.15) is 0 Å². The average molecular weight is 236 g/mol. The summed E-state index contributed by atoms with van der Waals surface area (Å²) in [6.07, 6.45) is 0. The number of aliphatic hydroxyl groups is 1. The average Bonchev–Trinajstić information content (AvgIpc) is 2.17. The van der Waals surface area contributed by atoms with Gasteiger partial charge < -0.3 is 5.11 Å². The Morgan fingerprint density at radius 3 is 1.59 bits per heavy atom. The minimum Gasteiger partial charge on any atom is -0.386 e. The molecule has 0 aromatic heterocycles. The molecule has 0 aliphatic carbocycles. The van der Waals surface area contributed by atoms with E-state index >= 15 is 0 Å². The number of aryl methyl sites for hydroxylation is 1. The van der Waals surface area contributed by atoms with Gasteiger partial charge in [-0.05, 0) is 37.3 Å². The third-order valence-corrected chi connectivity index (χ3v) is 2.65. The van der Waals surface area contributed by atoms with Gasteiger partial charge in [-0.1, -0.05) is 58.4 Å². The molecule has 98 valence electrons. The molecular formula is C16H28O. The molecule has 17 heavy (non-hydrogen) atoms. The molecule has 1 N–H and O–H groups in total. The highest BCUT2D eigenvalue weighted by Crippen LogP contribution is 2.28. The Bertz CT molecular complexity index is 319. The van der Waals surface area contributed by atoms with Gasteiger partial charge in [0.15, 0.2) is 0 Å². The molecule has 1 aromatic carbocycles. The normalized spacial score (nSPS) is 11.8. The van der Waals surface area contributed by atoms with E-state index < -0.39 is 5.60 Å². The third kappa shape index (κ3) is 4.91. The van der Waals surface area contributed by atoms with Gasteiger partial charge in [-0.25, -0.2) is 0 Å². The van der Waals surface area contributed by atoms with Gasteiger partial charge in [-0.2, -0.15) is 0 Å². The summed E-state index contributed by atoms with van der Waals surface area (Å²) in [4.78, 5) is 0. The van der Waals surface area contributed by atoms with Crippen LogP contribution in [0.5, 0.6) is 0 Å². The lowest BCUT2D eigenvalue weighted by atomic mass is 9.83. The van der Waals surface area contributed by atoms with Crippen molar-refractivity contribution in [3.05, 3.63) is 34.9 Å². The second kappa shape index (κ2) is 5.68. The minimum atomic E-state index is -0.758. The molecule has 0 heterocycles. The van der Waals surface area contributed by atoms with Crippen LogP contribution in [0.3, 0.4) is 0 Å². The van der Waals surface area contributed by atoms with Crippen molar-refractivity contribution in [2.24, 2.45) is 0 Å². The highest BCUT2D eigenvalue weighted by atomic mass is 16.3.